The molecule has 0 aliphatic heterocycles. The van der Waals surface area contributed by atoms with E-state index >= 15 is 0 Å². The molecule has 0 fully saturated rings. The molecule has 17 heavy (non-hydrogen) atoms. The molecule has 88 valence electrons. The van der Waals surface area contributed by atoms with E-state index in [-0.39, 0.29) is 5.97 Å². The van der Waals surface area contributed by atoms with Crippen molar-refractivity contribution in [1.82, 2.24) is 4.98 Å². The van der Waals surface area contributed by atoms with Crippen molar-refractivity contribution in [2.24, 2.45) is 0 Å². The second kappa shape index (κ2) is 4.72. The third-order valence-electron chi connectivity index (χ3n) is 2.51. The van der Waals surface area contributed by atoms with Gasteiger partial charge in [-0.1, -0.05) is 23.7 Å². The number of aryl methyl sites for hydroxylation is 1. The highest BCUT2D eigenvalue weighted by molar-refractivity contribution is 6.30. The number of pyridine rings is 1. The van der Waals surface area contributed by atoms with Crippen LogP contribution in [0.25, 0.3) is 10.9 Å². The van der Waals surface area contributed by atoms with Gasteiger partial charge >= 0.3 is 5.97 Å². The summed E-state index contributed by atoms with van der Waals surface area (Å²) in [7, 11) is 0. The zero-order valence-corrected chi connectivity index (χ0v) is 10.4. The molecule has 1 aromatic heterocycles. The first-order valence-electron chi connectivity index (χ1n) is 5.36. The van der Waals surface area contributed by atoms with E-state index in [4.69, 9.17) is 16.3 Å². The van der Waals surface area contributed by atoms with Crippen molar-refractivity contribution in [3.63, 3.8) is 0 Å². The lowest BCUT2D eigenvalue weighted by atomic mass is 10.0. The second-order valence-electron chi connectivity index (χ2n) is 3.68. The van der Waals surface area contributed by atoms with Gasteiger partial charge in [-0.05, 0) is 31.5 Å². The van der Waals surface area contributed by atoms with Crippen LogP contribution >= 0.6 is 11.6 Å². The van der Waals surface area contributed by atoms with Crippen LogP contribution in [0.5, 0.6) is 0 Å². The predicted octanol–water partition coefficient (Wildman–Crippen LogP) is 3.37. The van der Waals surface area contributed by atoms with Crippen molar-refractivity contribution in [3.8, 4) is 0 Å². The Bertz CT molecular complexity index is 581. The fourth-order valence-corrected chi connectivity index (χ4v) is 2.00. The molecule has 4 heteroatoms. The first kappa shape index (κ1) is 11.9. The average Bonchev–Trinajstić information content (AvgIpc) is 2.28. The molecule has 1 heterocycles. The summed E-state index contributed by atoms with van der Waals surface area (Å²) in [6.45, 7) is 4.04. The summed E-state index contributed by atoms with van der Waals surface area (Å²) in [5, 5.41) is 1.10. The van der Waals surface area contributed by atoms with E-state index in [9.17, 15) is 4.79 Å². The van der Waals surface area contributed by atoms with Crippen LogP contribution in [0.3, 0.4) is 0 Å². The maximum Gasteiger partial charge on any atom is 0.338 e. The van der Waals surface area contributed by atoms with Crippen LogP contribution in [0.2, 0.25) is 5.15 Å². The summed E-state index contributed by atoms with van der Waals surface area (Å²) in [5.74, 6) is -0.365. The van der Waals surface area contributed by atoms with Crippen molar-refractivity contribution in [2.45, 2.75) is 13.8 Å². The van der Waals surface area contributed by atoms with Crippen LogP contribution < -0.4 is 0 Å². The molecule has 0 N–H and O–H groups in total. The molecule has 0 spiro atoms. The molecule has 0 aliphatic carbocycles. The molecular weight excluding hydrogens is 238 g/mol. The van der Waals surface area contributed by atoms with Gasteiger partial charge in [0.25, 0.3) is 0 Å². The fourth-order valence-electron chi connectivity index (χ4n) is 1.80. The second-order valence-corrected chi connectivity index (χ2v) is 4.07. The van der Waals surface area contributed by atoms with E-state index in [1.54, 1.807) is 13.0 Å². The number of esters is 1. The highest BCUT2D eigenvalue weighted by Crippen LogP contribution is 2.24. The number of fused-ring (bicyclic) bond motifs is 1. The molecule has 0 aliphatic rings. The number of rotatable bonds is 2. The number of aromatic nitrogens is 1. The first-order chi connectivity index (χ1) is 8.13. The summed E-state index contributed by atoms with van der Waals surface area (Å²) in [6, 6.07) is 7.20. The van der Waals surface area contributed by atoms with Gasteiger partial charge in [0, 0.05) is 5.39 Å². The monoisotopic (exact) mass is 249 g/mol. The van der Waals surface area contributed by atoms with Gasteiger partial charge in [0.1, 0.15) is 5.15 Å². The summed E-state index contributed by atoms with van der Waals surface area (Å²) in [5.41, 5.74) is 2.16. The Morgan fingerprint density at radius 2 is 2.24 bits per heavy atom. The van der Waals surface area contributed by atoms with Gasteiger partial charge in [0.2, 0.25) is 0 Å². The lowest BCUT2D eigenvalue weighted by molar-refractivity contribution is 0.0528. The largest absolute Gasteiger partial charge is 0.462 e. The predicted molar refractivity (Wildman–Crippen MR) is 67.4 cm³/mol. The van der Waals surface area contributed by atoms with Crippen molar-refractivity contribution in [3.05, 3.63) is 40.5 Å². The van der Waals surface area contributed by atoms with Gasteiger partial charge in [-0.15, -0.1) is 0 Å². The Morgan fingerprint density at radius 1 is 1.47 bits per heavy atom. The Labute approximate surface area is 104 Å². The maximum absolute atomic E-state index is 11.9. The molecule has 0 radical (unpaired) electrons. The summed E-state index contributed by atoms with van der Waals surface area (Å²) in [4.78, 5) is 16.1. The minimum absolute atomic E-state index is 0.297. The quantitative estimate of drug-likeness (QED) is 0.605. The summed E-state index contributed by atoms with van der Waals surface area (Å²) < 4.78 is 5.02. The molecule has 2 rings (SSSR count). The third kappa shape index (κ3) is 2.24. The maximum atomic E-state index is 11.9. The number of ether oxygens (including phenoxy) is 1. The molecule has 0 saturated carbocycles. The zero-order chi connectivity index (χ0) is 12.4. The van der Waals surface area contributed by atoms with E-state index in [1.807, 2.05) is 25.1 Å². The van der Waals surface area contributed by atoms with E-state index in [1.165, 1.54) is 0 Å². The van der Waals surface area contributed by atoms with Gasteiger partial charge in [0.05, 0.1) is 17.7 Å². The average molecular weight is 250 g/mol. The molecular formula is C13H12ClNO2. The van der Waals surface area contributed by atoms with Crippen molar-refractivity contribution in [2.75, 3.05) is 6.61 Å². The van der Waals surface area contributed by atoms with Gasteiger partial charge in [-0.2, -0.15) is 0 Å². The summed E-state index contributed by atoms with van der Waals surface area (Å²) in [6.07, 6.45) is 0. The standard InChI is InChI=1S/C13H12ClNO2/c1-3-17-13(16)9-7-11(14)15-10-6-4-5-8(2)12(9)10/h4-7H,3H2,1-2H3. The van der Waals surface area contributed by atoms with E-state index in [2.05, 4.69) is 4.98 Å². The van der Waals surface area contributed by atoms with E-state index in [0.717, 1.165) is 10.9 Å². The molecule has 2 aromatic rings. The van der Waals surface area contributed by atoms with Crippen molar-refractivity contribution < 1.29 is 9.53 Å². The third-order valence-corrected chi connectivity index (χ3v) is 2.70. The Balaban J connectivity index is 2.72. The number of halogens is 1. The van der Waals surface area contributed by atoms with Crippen molar-refractivity contribution in [1.29, 1.82) is 0 Å². The minimum atomic E-state index is -0.365. The lowest BCUT2D eigenvalue weighted by Gasteiger charge is -2.08. The van der Waals surface area contributed by atoms with Gasteiger partial charge in [-0.3, -0.25) is 0 Å². The number of nitrogens with zero attached hydrogens (tertiary/aromatic N) is 1. The molecule has 0 unspecified atom stereocenters. The fraction of sp³-hybridized carbons (Fsp3) is 0.231. The van der Waals surface area contributed by atoms with Crippen molar-refractivity contribution >= 4 is 28.5 Å². The summed E-state index contributed by atoms with van der Waals surface area (Å²) >= 11 is 5.90. The van der Waals surface area contributed by atoms with E-state index in [0.29, 0.717) is 22.8 Å². The topological polar surface area (TPSA) is 39.2 Å². The highest BCUT2D eigenvalue weighted by Gasteiger charge is 2.14. The number of hydrogen-bond donors (Lipinski definition) is 0. The van der Waals surface area contributed by atoms with Crippen LogP contribution in [0.15, 0.2) is 24.3 Å². The Morgan fingerprint density at radius 3 is 2.94 bits per heavy atom. The zero-order valence-electron chi connectivity index (χ0n) is 9.66. The number of carbonyl (C=O) groups is 1. The SMILES string of the molecule is CCOC(=O)c1cc(Cl)nc2cccc(C)c12. The van der Waals surface area contributed by atoms with Crippen LogP contribution in [0.1, 0.15) is 22.8 Å². The van der Waals surface area contributed by atoms with Crippen LogP contribution in [-0.4, -0.2) is 17.6 Å². The normalized spacial score (nSPS) is 10.5. The first-order valence-corrected chi connectivity index (χ1v) is 5.74. The van der Waals surface area contributed by atoms with Gasteiger partial charge in [-0.25, -0.2) is 9.78 Å². The lowest BCUT2D eigenvalue weighted by Crippen LogP contribution is -2.06. The number of hydrogen-bond acceptors (Lipinski definition) is 3. The molecule has 0 amide bonds. The highest BCUT2D eigenvalue weighted by atomic mass is 35.5. The van der Waals surface area contributed by atoms with Gasteiger partial charge in [0.15, 0.2) is 0 Å². The van der Waals surface area contributed by atoms with E-state index < -0.39 is 0 Å². The Hall–Kier alpha value is -1.61. The smallest absolute Gasteiger partial charge is 0.338 e. The molecule has 0 atom stereocenters. The van der Waals surface area contributed by atoms with Crippen LogP contribution in [0.4, 0.5) is 0 Å². The van der Waals surface area contributed by atoms with Gasteiger partial charge < -0.3 is 4.74 Å². The molecule has 3 nitrogen and oxygen atoms in total. The number of carbonyl (C=O) groups excluding carboxylic acids is 1. The van der Waals surface area contributed by atoms with Crippen LogP contribution in [-0.2, 0) is 4.74 Å². The Kier molecular flexibility index (Phi) is 3.29. The molecule has 0 bridgehead atoms. The molecule has 1 aromatic carbocycles. The number of benzene rings is 1. The van der Waals surface area contributed by atoms with Crippen LogP contribution in [0, 0.1) is 6.92 Å². The molecule has 0 saturated heterocycles. The minimum Gasteiger partial charge on any atom is -0.462 e.